The van der Waals surface area contributed by atoms with Crippen molar-refractivity contribution in [2.45, 2.75) is 60.0 Å². The van der Waals surface area contributed by atoms with Gasteiger partial charge < -0.3 is 15.1 Å². The third-order valence-corrected chi connectivity index (χ3v) is 5.35. The zero-order chi connectivity index (χ0) is 20.3. The van der Waals surface area contributed by atoms with E-state index in [9.17, 15) is 9.59 Å². The lowest BCUT2D eigenvalue weighted by Gasteiger charge is -2.34. The second-order valence-electron chi connectivity index (χ2n) is 8.61. The summed E-state index contributed by atoms with van der Waals surface area (Å²) in [6.07, 6.45) is 1.97. The maximum absolute atomic E-state index is 12.9. The molecule has 2 amide bonds. The van der Waals surface area contributed by atoms with Gasteiger partial charge in [-0.15, -0.1) is 0 Å². The molecule has 0 aromatic heterocycles. The number of nitrogens with zero attached hydrogens (tertiary/aromatic N) is 2. The zero-order valence-electron chi connectivity index (χ0n) is 17.9. The van der Waals surface area contributed by atoms with Crippen LogP contribution in [0.1, 0.15) is 53.0 Å². The van der Waals surface area contributed by atoms with Gasteiger partial charge in [0.25, 0.3) is 0 Å². The van der Waals surface area contributed by atoms with Gasteiger partial charge in [-0.1, -0.05) is 27.7 Å². The van der Waals surface area contributed by atoms with Gasteiger partial charge in [0.05, 0.1) is 0 Å². The topological polar surface area (TPSA) is 52.7 Å². The molecule has 1 fully saturated rings. The number of carbonyl (C=O) groups excluding carboxylic acids is 2. The standard InChI is InChI=1S/C22H35N3O2/c1-14(2)16(5)25(22(27)15(3)4)13-18-12-19(10-11-20(18)24(6)7)23-21(26)17-8-9-17/h10-12,14-17H,8-9,13H2,1-7H3,(H,23,26)/t16-/m1/s1. The van der Waals surface area contributed by atoms with Crippen molar-refractivity contribution in [1.29, 1.82) is 0 Å². The van der Waals surface area contributed by atoms with Gasteiger partial charge in [0.2, 0.25) is 11.8 Å². The molecule has 1 aromatic rings. The van der Waals surface area contributed by atoms with Crippen LogP contribution in [0.15, 0.2) is 18.2 Å². The first kappa shape index (κ1) is 21.3. The Labute approximate surface area is 164 Å². The van der Waals surface area contributed by atoms with Crippen LogP contribution in [-0.2, 0) is 16.1 Å². The second-order valence-corrected chi connectivity index (χ2v) is 8.61. The van der Waals surface area contributed by atoms with E-state index in [0.717, 1.165) is 29.8 Å². The van der Waals surface area contributed by atoms with Gasteiger partial charge in [-0.3, -0.25) is 9.59 Å². The largest absolute Gasteiger partial charge is 0.377 e. The fraction of sp³-hybridized carbons (Fsp3) is 0.636. The van der Waals surface area contributed by atoms with Crippen LogP contribution in [0.3, 0.4) is 0 Å². The minimum atomic E-state index is -0.0493. The summed E-state index contributed by atoms with van der Waals surface area (Å²) >= 11 is 0. The van der Waals surface area contributed by atoms with Crippen LogP contribution in [0.5, 0.6) is 0 Å². The molecule has 27 heavy (non-hydrogen) atoms. The van der Waals surface area contributed by atoms with Crippen molar-refractivity contribution in [3.63, 3.8) is 0 Å². The number of benzene rings is 1. The molecule has 1 aliphatic carbocycles. The van der Waals surface area contributed by atoms with Crippen molar-refractivity contribution in [2.75, 3.05) is 24.3 Å². The molecule has 0 saturated heterocycles. The van der Waals surface area contributed by atoms with Gasteiger partial charge in [0.15, 0.2) is 0 Å². The number of hydrogen-bond donors (Lipinski definition) is 1. The Morgan fingerprint density at radius 2 is 1.74 bits per heavy atom. The number of carbonyl (C=O) groups is 2. The van der Waals surface area contributed by atoms with E-state index in [1.807, 2.05) is 51.0 Å². The first-order chi connectivity index (χ1) is 12.6. The highest BCUT2D eigenvalue weighted by molar-refractivity contribution is 5.94. The minimum Gasteiger partial charge on any atom is -0.377 e. The average Bonchev–Trinajstić information content (AvgIpc) is 3.43. The molecule has 1 aliphatic rings. The molecule has 5 nitrogen and oxygen atoms in total. The maximum atomic E-state index is 12.9. The van der Waals surface area contributed by atoms with Crippen LogP contribution in [0.4, 0.5) is 11.4 Å². The third-order valence-electron chi connectivity index (χ3n) is 5.35. The van der Waals surface area contributed by atoms with Crippen LogP contribution in [0.2, 0.25) is 0 Å². The molecule has 0 unspecified atom stereocenters. The van der Waals surface area contributed by atoms with Crippen molar-refractivity contribution in [1.82, 2.24) is 4.90 Å². The minimum absolute atomic E-state index is 0.0493. The van der Waals surface area contributed by atoms with Crippen molar-refractivity contribution >= 4 is 23.2 Å². The highest BCUT2D eigenvalue weighted by Gasteiger charge is 2.30. The molecule has 150 valence electrons. The highest BCUT2D eigenvalue weighted by atomic mass is 16.2. The molecule has 0 spiro atoms. The number of rotatable bonds is 8. The molecule has 1 N–H and O–H groups in total. The van der Waals surface area contributed by atoms with Gasteiger partial charge in [-0.25, -0.2) is 0 Å². The van der Waals surface area contributed by atoms with E-state index < -0.39 is 0 Å². The molecular weight excluding hydrogens is 338 g/mol. The van der Waals surface area contributed by atoms with Gasteiger partial charge in [0.1, 0.15) is 0 Å². The fourth-order valence-corrected chi connectivity index (χ4v) is 3.11. The first-order valence-corrected chi connectivity index (χ1v) is 10.0. The SMILES string of the molecule is CC(C)C(=O)N(Cc1cc(NC(=O)C2CC2)ccc1N(C)C)[C@H](C)C(C)C. The van der Waals surface area contributed by atoms with Crippen LogP contribution in [-0.4, -0.2) is 36.9 Å². The molecule has 5 heteroatoms. The van der Waals surface area contributed by atoms with Crippen LogP contribution >= 0.6 is 0 Å². The Hall–Kier alpha value is -2.04. The van der Waals surface area contributed by atoms with Crippen molar-refractivity contribution in [3.8, 4) is 0 Å². The van der Waals surface area contributed by atoms with E-state index in [0.29, 0.717) is 12.5 Å². The second kappa shape index (κ2) is 8.77. The van der Waals surface area contributed by atoms with E-state index in [2.05, 4.69) is 31.0 Å². The number of amides is 2. The summed E-state index contributed by atoms with van der Waals surface area (Å²) in [5.41, 5.74) is 2.92. The summed E-state index contributed by atoms with van der Waals surface area (Å²) < 4.78 is 0. The van der Waals surface area contributed by atoms with Gasteiger partial charge in [0, 0.05) is 49.9 Å². The molecule has 2 rings (SSSR count). The van der Waals surface area contributed by atoms with E-state index in [1.165, 1.54) is 0 Å². The van der Waals surface area contributed by atoms with Crippen molar-refractivity contribution < 1.29 is 9.59 Å². The Bertz CT molecular complexity index is 678. The van der Waals surface area contributed by atoms with E-state index in [4.69, 9.17) is 0 Å². The lowest BCUT2D eigenvalue weighted by molar-refractivity contribution is -0.138. The number of hydrogen-bond acceptors (Lipinski definition) is 3. The summed E-state index contributed by atoms with van der Waals surface area (Å²) in [6, 6.07) is 6.12. The van der Waals surface area contributed by atoms with Crippen molar-refractivity contribution in [3.05, 3.63) is 23.8 Å². The average molecular weight is 374 g/mol. The van der Waals surface area contributed by atoms with Gasteiger partial charge >= 0.3 is 0 Å². The molecule has 0 bridgehead atoms. The first-order valence-electron chi connectivity index (χ1n) is 10.0. The quantitative estimate of drug-likeness (QED) is 0.745. The van der Waals surface area contributed by atoms with E-state index >= 15 is 0 Å². The van der Waals surface area contributed by atoms with Crippen LogP contribution in [0.25, 0.3) is 0 Å². The summed E-state index contributed by atoms with van der Waals surface area (Å²) in [7, 11) is 4.00. The molecular formula is C22H35N3O2. The number of anilines is 2. The van der Waals surface area contributed by atoms with Crippen LogP contribution < -0.4 is 10.2 Å². The third kappa shape index (κ3) is 5.47. The summed E-state index contributed by atoms with van der Waals surface area (Å²) in [5.74, 6) is 0.750. The fourth-order valence-electron chi connectivity index (χ4n) is 3.11. The molecule has 0 aliphatic heterocycles. The predicted octanol–water partition coefficient (Wildman–Crippen LogP) is 4.13. The molecule has 0 radical (unpaired) electrons. The number of nitrogens with one attached hydrogen (secondary N) is 1. The Morgan fingerprint density at radius 3 is 2.22 bits per heavy atom. The lowest BCUT2D eigenvalue weighted by atomic mass is 10.0. The molecule has 1 aromatic carbocycles. The van der Waals surface area contributed by atoms with E-state index in [-0.39, 0.29) is 29.7 Å². The van der Waals surface area contributed by atoms with Crippen LogP contribution in [0, 0.1) is 17.8 Å². The summed E-state index contributed by atoms with van der Waals surface area (Å²) in [4.78, 5) is 29.0. The zero-order valence-corrected chi connectivity index (χ0v) is 17.9. The maximum Gasteiger partial charge on any atom is 0.227 e. The van der Waals surface area contributed by atoms with Crippen molar-refractivity contribution in [2.24, 2.45) is 17.8 Å². The van der Waals surface area contributed by atoms with E-state index in [1.54, 1.807) is 0 Å². The highest BCUT2D eigenvalue weighted by Crippen LogP contribution is 2.31. The van der Waals surface area contributed by atoms with Gasteiger partial charge in [-0.05, 0) is 49.4 Å². The smallest absolute Gasteiger partial charge is 0.227 e. The Balaban J connectivity index is 2.33. The Kier molecular flexibility index (Phi) is 6.90. The lowest BCUT2D eigenvalue weighted by Crippen LogP contribution is -2.43. The normalized spacial score (nSPS) is 15.0. The summed E-state index contributed by atoms with van der Waals surface area (Å²) in [5, 5.41) is 3.03. The predicted molar refractivity (Wildman–Crippen MR) is 112 cm³/mol. The molecule has 1 saturated carbocycles. The Morgan fingerprint density at radius 1 is 1.11 bits per heavy atom. The molecule has 1 atom stereocenters. The van der Waals surface area contributed by atoms with Gasteiger partial charge in [-0.2, -0.15) is 0 Å². The monoisotopic (exact) mass is 373 g/mol. The molecule has 0 heterocycles. The summed E-state index contributed by atoms with van der Waals surface area (Å²) in [6.45, 7) is 10.8.